The van der Waals surface area contributed by atoms with Crippen LogP contribution >= 0.6 is 0 Å². The fourth-order valence-electron chi connectivity index (χ4n) is 4.08. The molecule has 98 valence electrons. The van der Waals surface area contributed by atoms with Crippen LogP contribution in [0.1, 0.15) is 64.7 Å². The number of nitrogens with one attached hydrogen (secondary N) is 1. The van der Waals surface area contributed by atoms with E-state index in [9.17, 15) is 0 Å². The molecule has 0 aromatic heterocycles. The van der Waals surface area contributed by atoms with E-state index in [-0.39, 0.29) is 5.72 Å². The van der Waals surface area contributed by atoms with Crippen LogP contribution in [0.15, 0.2) is 0 Å². The zero-order valence-electron chi connectivity index (χ0n) is 11.2. The van der Waals surface area contributed by atoms with E-state index in [1.807, 2.05) is 0 Å². The highest BCUT2D eigenvalue weighted by Gasteiger charge is 2.43. The summed E-state index contributed by atoms with van der Waals surface area (Å²) in [5.74, 6) is 1.76. The highest BCUT2D eigenvalue weighted by molar-refractivity contribution is 4.95. The molecule has 17 heavy (non-hydrogen) atoms. The molecule has 1 N–H and O–H groups in total. The van der Waals surface area contributed by atoms with Gasteiger partial charge >= 0.3 is 0 Å². The lowest BCUT2D eigenvalue weighted by molar-refractivity contribution is -0.162. The summed E-state index contributed by atoms with van der Waals surface area (Å²) in [6.45, 7) is 3.35. The zero-order chi connectivity index (χ0) is 11.7. The van der Waals surface area contributed by atoms with Crippen molar-refractivity contribution >= 4 is 0 Å². The Morgan fingerprint density at radius 3 is 2.65 bits per heavy atom. The van der Waals surface area contributed by atoms with Crippen molar-refractivity contribution in [1.82, 2.24) is 5.32 Å². The average molecular weight is 237 g/mol. The molecule has 1 spiro atoms. The lowest BCUT2D eigenvalue weighted by Crippen LogP contribution is -2.61. The van der Waals surface area contributed by atoms with E-state index < -0.39 is 0 Å². The van der Waals surface area contributed by atoms with Crippen molar-refractivity contribution in [2.24, 2.45) is 11.8 Å². The van der Waals surface area contributed by atoms with Crippen molar-refractivity contribution in [3.05, 3.63) is 0 Å². The topological polar surface area (TPSA) is 21.3 Å². The maximum Gasteiger partial charge on any atom is 0.119 e. The average Bonchev–Trinajstić information content (AvgIpc) is 2.40. The summed E-state index contributed by atoms with van der Waals surface area (Å²) in [5, 5.41) is 3.89. The second-order valence-corrected chi connectivity index (χ2v) is 6.45. The first kappa shape index (κ1) is 12.0. The third-order valence-electron chi connectivity index (χ3n) is 5.42. The number of rotatable bonds is 1. The van der Waals surface area contributed by atoms with E-state index in [0.717, 1.165) is 24.5 Å². The molecule has 1 saturated heterocycles. The van der Waals surface area contributed by atoms with Crippen LogP contribution in [0.2, 0.25) is 0 Å². The summed E-state index contributed by atoms with van der Waals surface area (Å²) in [5.41, 5.74) is 0.0736. The number of ether oxygens (including phenoxy) is 1. The monoisotopic (exact) mass is 237 g/mol. The van der Waals surface area contributed by atoms with Crippen molar-refractivity contribution in [3.8, 4) is 0 Å². The standard InChI is InChI=1S/C15H27NO/c1-2-12-7-9-15(10-8-12)16-14-6-4-3-5-13(14)11-17-15/h12-14,16H,2-11H2,1H3. The van der Waals surface area contributed by atoms with Gasteiger partial charge in [0.05, 0.1) is 6.61 Å². The molecule has 1 heterocycles. The van der Waals surface area contributed by atoms with Crippen LogP contribution in [-0.4, -0.2) is 18.4 Å². The molecule has 3 rings (SSSR count). The zero-order valence-corrected chi connectivity index (χ0v) is 11.2. The molecule has 1 aliphatic heterocycles. The van der Waals surface area contributed by atoms with E-state index in [4.69, 9.17) is 4.74 Å². The van der Waals surface area contributed by atoms with Crippen molar-refractivity contribution < 1.29 is 4.74 Å². The van der Waals surface area contributed by atoms with Gasteiger partial charge in [-0.25, -0.2) is 0 Å². The Morgan fingerprint density at radius 2 is 1.88 bits per heavy atom. The minimum atomic E-state index is 0.0736. The normalized spacial score (nSPS) is 46.8. The molecule has 0 amide bonds. The fraction of sp³-hybridized carbons (Fsp3) is 1.00. The van der Waals surface area contributed by atoms with Crippen LogP contribution in [0.5, 0.6) is 0 Å². The molecule has 2 saturated carbocycles. The predicted octanol–water partition coefficient (Wildman–Crippen LogP) is 3.46. The third kappa shape index (κ3) is 2.39. The van der Waals surface area contributed by atoms with Gasteiger partial charge in [-0.3, -0.25) is 5.32 Å². The van der Waals surface area contributed by atoms with E-state index in [1.54, 1.807) is 0 Å². The highest BCUT2D eigenvalue weighted by atomic mass is 16.5. The van der Waals surface area contributed by atoms with E-state index in [2.05, 4.69) is 12.2 Å². The number of hydrogen-bond donors (Lipinski definition) is 1. The van der Waals surface area contributed by atoms with Crippen LogP contribution in [0, 0.1) is 11.8 Å². The molecular formula is C15H27NO. The van der Waals surface area contributed by atoms with Crippen molar-refractivity contribution in [1.29, 1.82) is 0 Å². The first-order valence-electron chi connectivity index (χ1n) is 7.73. The molecule has 2 aliphatic carbocycles. The Balaban J connectivity index is 1.61. The molecule has 0 bridgehead atoms. The van der Waals surface area contributed by atoms with Crippen molar-refractivity contribution in [2.75, 3.05) is 6.61 Å². The van der Waals surface area contributed by atoms with Gasteiger partial charge in [0.25, 0.3) is 0 Å². The van der Waals surface area contributed by atoms with Crippen LogP contribution in [-0.2, 0) is 4.74 Å². The summed E-state index contributed by atoms with van der Waals surface area (Å²) in [6, 6.07) is 0.760. The van der Waals surface area contributed by atoms with Gasteiger partial charge in [-0.1, -0.05) is 26.2 Å². The van der Waals surface area contributed by atoms with E-state index >= 15 is 0 Å². The fourth-order valence-corrected chi connectivity index (χ4v) is 4.08. The van der Waals surface area contributed by atoms with Gasteiger partial charge < -0.3 is 4.74 Å². The Bertz CT molecular complexity index is 252. The Morgan fingerprint density at radius 1 is 1.12 bits per heavy atom. The molecule has 2 atom stereocenters. The molecule has 2 nitrogen and oxygen atoms in total. The molecule has 3 fully saturated rings. The third-order valence-corrected chi connectivity index (χ3v) is 5.42. The Kier molecular flexibility index (Phi) is 3.45. The largest absolute Gasteiger partial charge is 0.360 e. The summed E-state index contributed by atoms with van der Waals surface area (Å²) in [7, 11) is 0. The van der Waals surface area contributed by atoms with Crippen LogP contribution in [0.3, 0.4) is 0 Å². The lowest BCUT2D eigenvalue weighted by Gasteiger charge is -2.50. The van der Waals surface area contributed by atoms with Gasteiger partial charge in [0.15, 0.2) is 0 Å². The molecular weight excluding hydrogens is 210 g/mol. The van der Waals surface area contributed by atoms with Gasteiger partial charge in [-0.2, -0.15) is 0 Å². The van der Waals surface area contributed by atoms with Crippen LogP contribution < -0.4 is 5.32 Å². The second-order valence-electron chi connectivity index (χ2n) is 6.45. The van der Waals surface area contributed by atoms with Gasteiger partial charge in [0.2, 0.25) is 0 Å². The molecule has 2 heteroatoms. The summed E-state index contributed by atoms with van der Waals surface area (Å²) >= 11 is 0. The molecule has 3 aliphatic rings. The van der Waals surface area contributed by atoms with Gasteiger partial charge in [-0.05, 0) is 50.4 Å². The highest BCUT2D eigenvalue weighted by Crippen LogP contribution is 2.40. The van der Waals surface area contributed by atoms with Gasteiger partial charge in [0, 0.05) is 6.04 Å². The summed E-state index contributed by atoms with van der Waals surface area (Å²) in [6.07, 6.45) is 12.2. The molecule has 0 aromatic rings. The first-order valence-corrected chi connectivity index (χ1v) is 7.73. The summed E-state index contributed by atoms with van der Waals surface area (Å²) in [4.78, 5) is 0. The molecule has 2 unspecified atom stereocenters. The van der Waals surface area contributed by atoms with Crippen LogP contribution in [0.25, 0.3) is 0 Å². The van der Waals surface area contributed by atoms with Crippen LogP contribution in [0.4, 0.5) is 0 Å². The van der Waals surface area contributed by atoms with Crippen molar-refractivity contribution in [2.45, 2.75) is 76.5 Å². The maximum atomic E-state index is 6.26. The van der Waals surface area contributed by atoms with Crippen molar-refractivity contribution in [3.63, 3.8) is 0 Å². The van der Waals surface area contributed by atoms with Gasteiger partial charge in [-0.15, -0.1) is 0 Å². The lowest BCUT2D eigenvalue weighted by atomic mass is 9.77. The SMILES string of the molecule is CCC1CCC2(CC1)NC1CCCCC1CO2. The summed E-state index contributed by atoms with van der Waals surface area (Å²) < 4.78 is 6.26. The Labute approximate surface area is 105 Å². The number of fused-ring (bicyclic) bond motifs is 1. The smallest absolute Gasteiger partial charge is 0.119 e. The van der Waals surface area contributed by atoms with E-state index in [1.165, 1.54) is 57.8 Å². The maximum absolute atomic E-state index is 6.26. The second kappa shape index (κ2) is 4.89. The number of hydrogen-bond acceptors (Lipinski definition) is 2. The van der Waals surface area contributed by atoms with Gasteiger partial charge in [0.1, 0.15) is 5.72 Å². The molecule has 0 radical (unpaired) electrons. The molecule has 0 aromatic carbocycles. The quantitative estimate of drug-likeness (QED) is 0.754. The van der Waals surface area contributed by atoms with E-state index in [0.29, 0.717) is 0 Å². The minimum absolute atomic E-state index is 0.0736. The predicted molar refractivity (Wildman–Crippen MR) is 69.8 cm³/mol. The first-order chi connectivity index (χ1) is 8.31. The minimum Gasteiger partial charge on any atom is -0.360 e. The Hall–Kier alpha value is -0.0800.